The van der Waals surface area contributed by atoms with Gasteiger partial charge in [-0.25, -0.2) is 8.78 Å². The molecule has 0 atom stereocenters. The number of benzene rings is 3. The highest BCUT2D eigenvalue weighted by atomic mass is 32.2. The number of carbonyl (C=O) groups is 1. The largest absolute Gasteiger partial charge is 0.312 e. The van der Waals surface area contributed by atoms with Crippen LogP contribution < -0.4 is 4.90 Å². The van der Waals surface area contributed by atoms with E-state index in [0.717, 1.165) is 17.4 Å². The van der Waals surface area contributed by atoms with E-state index in [1.165, 1.54) is 24.1 Å². The zero-order chi connectivity index (χ0) is 21.8. The second-order valence-corrected chi connectivity index (χ2v) is 7.59. The first-order valence-corrected chi connectivity index (χ1v) is 10.4. The zero-order valence-electron chi connectivity index (χ0n) is 16.6. The topological polar surface area (TPSA) is 51.0 Å². The summed E-state index contributed by atoms with van der Waals surface area (Å²) in [6.45, 7) is 0. The Balaban J connectivity index is 1.64. The van der Waals surface area contributed by atoms with E-state index in [0.29, 0.717) is 16.5 Å². The fraction of sp³-hybridized carbons (Fsp3) is 0.0870. The zero-order valence-corrected chi connectivity index (χ0v) is 17.4. The van der Waals surface area contributed by atoms with E-state index in [4.69, 9.17) is 0 Å². The maximum Gasteiger partial charge on any atom is 0.237 e. The van der Waals surface area contributed by atoms with Crippen LogP contribution >= 0.6 is 11.8 Å². The monoisotopic (exact) mass is 436 g/mol. The Hall–Kier alpha value is -3.52. The summed E-state index contributed by atoms with van der Waals surface area (Å²) >= 11 is 1.15. The van der Waals surface area contributed by atoms with Gasteiger partial charge in [-0.05, 0) is 36.4 Å². The molecule has 0 bridgehead atoms. The Kier molecular flexibility index (Phi) is 6.08. The number of hydrogen-bond acceptors (Lipinski definition) is 4. The molecular weight excluding hydrogens is 418 g/mol. The quantitative estimate of drug-likeness (QED) is 0.401. The van der Waals surface area contributed by atoms with Gasteiger partial charge in [-0.2, -0.15) is 0 Å². The third-order valence-corrected chi connectivity index (χ3v) is 5.59. The Bertz CT molecular complexity index is 1210. The lowest BCUT2D eigenvalue weighted by Gasteiger charge is -2.17. The number of aromatic nitrogens is 3. The third kappa shape index (κ3) is 4.34. The summed E-state index contributed by atoms with van der Waals surface area (Å²) in [5, 5.41) is 8.81. The number of amides is 1. The molecule has 0 aliphatic heterocycles. The van der Waals surface area contributed by atoms with Gasteiger partial charge >= 0.3 is 0 Å². The van der Waals surface area contributed by atoms with E-state index in [9.17, 15) is 13.6 Å². The summed E-state index contributed by atoms with van der Waals surface area (Å²) in [6, 6.07) is 21.7. The minimum absolute atomic E-state index is 0.00702. The molecule has 5 nitrogen and oxygen atoms in total. The second-order valence-electron chi connectivity index (χ2n) is 6.65. The molecule has 156 valence electrons. The average molecular weight is 436 g/mol. The van der Waals surface area contributed by atoms with Crippen molar-refractivity contribution in [3.63, 3.8) is 0 Å². The molecule has 1 heterocycles. The third-order valence-electron chi connectivity index (χ3n) is 4.68. The Morgan fingerprint density at radius 1 is 0.903 bits per heavy atom. The molecule has 0 aliphatic carbocycles. The van der Waals surface area contributed by atoms with Crippen molar-refractivity contribution >= 4 is 23.4 Å². The lowest BCUT2D eigenvalue weighted by Crippen LogP contribution is -2.28. The van der Waals surface area contributed by atoms with Crippen LogP contribution in [0.1, 0.15) is 0 Å². The van der Waals surface area contributed by atoms with E-state index in [-0.39, 0.29) is 17.3 Å². The van der Waals surface area contributed by atoms with Crippen molar-refractivity contribution in [2.24, 2.45) is 0 Å². The highest BCUT2D eigenvalue weighted by Crippen LogP contribution is 2.29. The molecular formula is C23H18F2N4OS. The number of hydrogen-bond donors (Lipinski definition) is 0. The number of para-hydroxylation sites is 2. The van der Waals surface area contributed by atoms with Gasteiger partial charge in [0.15, 0.2) is 11.0 Å². The normalized spacial score (nSPS) is 10.8. The molecule has 0 aliphatic rings. The van der Waals surface area contributed by atoms with E-state index < -0.39 is 11.6 Å². The van der Waals surface area contributed by atoms with Crippen LogP contribution in [0.15, 0.2) is 84.0 Å². The van der Waals surface area contributed by atoms with Crippen molar-refractivity contribution in [2.75, 3.05) is 17.7 Å². The van der Waals surface area contributed by atoms with Gasteiger partial charge in [0.1, 0.15) is 11.6 Å². The number of thioether (sulfide) groups is 1. The van der Waals surface area contributed by atoms with Gasteiger partial charge in [0, 0.05) is 12.7 Å². The van der Waals surface area contributed by atoms with Crippen LogP contribution in [0.5, 0.6) is 0 Å². The first-order valence-electron chi connectivity index (χ1n) is 9.46. The molecule has 0 fully saturated rings. The molecule has 0 saturated heterocycles. The van der Waals surface area contributed by atoms with Crippen molar-refractivity contribution in [3.8, 4) is 17.1 Å². The summed E-state index contributed by atoms with van der Waals surface area (Å²) < 4.78 is 30.2. The summed E-state index contributed by atoms with van der Waals surface area (Å²) in [4.78, 5) is 13.9. The molecule has 1 amide bonds. The number of halogens is 2. The van der Waals surface area contributed by atoms with E-state index in [1.54, 1.807) is 41.0 Å². The van der Waals surface area contributed by atoms with Gasteiger partial charge in [-0.3, -0.25) is 9.36 Å². The number of nitrogens with zero attached hydrogens (tertiary/aromatic N) is 4. The van der Waals surface area contributed by atoms with Crippen molar-refractivity contribution in [3.05, 3.63) is 90.5 Å². The van der Waals surface area contributed by atoms with Crippen LogP contribution in [0, 0.1) is 11.6 Å². The van der Waals surface area contributed by atoms with Gasteiger partial charge < -0.3 is 4.90 Å². The van der Waals surface area contributed by atoms with Gasteiger partial charge in [0.25, 0.3) is 0 Å². The Morgan fingerprint density at radius 3 is 2.26 bits per heavy atom. The van der Waals surface area contributed by atoms with Crippen molar-refractivity contribution < 1.29 is 13.6 Å². The molecule has 3 aromatic carbocycles. The summed E-state index contributed by atoms with van der Waals surface area (Å²) in [5.74, 6) is -0.851. The van der Waals surface area contributed by atoms with Gasteiger partial charge in [0.05, 0.1) is 17.0 Å². The second kappa shape index (κ2) is 9.09. The molecule has 0 spiro atoms. The summed E-state index contributed by atoms with van der Waals surface area (Å²) in [7, 11) is 1.52. The van der Waals surface area contributed by atoms with Crippen LogP contribution in [0.2, 0.25) is 0 Å². The summed E-state index contributed by atoms with van der Waals surface area (Å²) in [6.07, 6.45) is 0. The van der Waals surface area contributed by atoms with Gasteiger partial charge in [0.2, 0.25) is 5.91 Å². The SMILES string of the molecule is CN(C(=O)CSc1nnc(-c2ccccc2F)n1-c1ccccc1)c1ccccc1F. The van der Waals surface area contributed by atoms with E-state index in [2.05, 4.69) is 10.2 Å². The van der Waals surface area contributed by atoms with Gasteiger partial charge in [-0.1, -0.05) is 54.2 Å². The molecule has 31 heavy (non-hydrogen) atoms. The first kappa shape index (κ1) is 20.7. The highest BCUT2D eigenvalue weighted by molar-refractivity contribution is 7.99. The highest BCUT2D eigenvalue weighted by Gasteiger charge is 2.21. The Labute approximate surface area is 182 Å². The summed E-state index contributed by atoms with van der Waals surface area (Å²) in [5.41, 5.74) is 1.24. The van der Waals surface area contributed by atoms with Crippen LogP contribution in [0.25, 0.3) is 17.1 Å². The standard InChI is InChI=1S/C23H18F2N4OS/c1-28(20-14-8-7-13-19(20)25)21(30)15-31-23-27-26-22(17-11-5-6-12-18(17)24)29(23)16-9-3-2-4-10-16/h2-14H,15H2,1H3. The lowest BCUT2D eigenvalue weighted by molar-refractivity contribution is -0.115. The van der Waals surface area contributed by atoms with Crippen LogP contribution in [-0.4, -0.2) is 33.5 Å². The predicted molar refractivity (Wildman–Crippen MR) is 117 cm³/mol. The molecule has 8 heteroatoms. The molecule has 4 aromatic rings. The minimum Gasteiger partial charge on any atom is -0.312 e. The molecule has 0 unspecified atom stereocenters. The lowest BCUT2D eigenvalue weighted by atomic mass is 10.2. The fourth-order valence-electron chi connectivity index (χ4n) is 3.07. The average Bonchev–Trinajstić information content (AvgIpc) is 3.22. The number of rotatable bonds is 6. The molecule has 1 aromatic heterocycles. The smallest absolute Gasteiger partial charge is 0.237 e. The van der Waals surface area contributed by atoms with Crippen molar-refractivity contribution in [1.82, 2.24) is 14.8 Å². The minimum atomic E-state index is -0.474. The van der Waals surface area contributed by atoms with Crippen LogP contribution in [0.4, 0.5) is 14.5 Å². The van der Waals surface area contributed by atoms with Crippen molar-refractivity contribution in [1.29, 1.82) is 0 Å². The number of anilines is 1. The van der Waals surface area contributed by atoms with Crippen molar-refractivity contribution in [2.45, 2.75) is 5.16 Å². The van der Waals surface area contributed by atoms with Crippen LogP contribution in [0.3, 0.4) is 0 Å². The number of carbonyl (C=O) groups excluding carboxylic acids is 1. The van der Waals surface area contributed by atoms with Crippen LogP contribution in [-0.2, 0) is 4.79 Å². The first-order chi connectivity index (χ1) is 15.1. The van der Waals surface area contributed by atoms with Gasteiger partial charge in [-0.15, -0.1) is 10.2 Å². The maximum absolute atomic E-state index is 14.4. The maximum atomic E-state index is 14.4. The Morgan fingerprint density at radius 2 is 1.55 bits per heavy atom. The molecule has 0 N–H and O–H groups in total. The van der Waals surface area contributed by atoms with E-state index in [1.807, 2.05) is 30.3 Å². The predicted octanol–water partition coefficient (Wildman–Crippen LogP) is 4.97. The molecule has 0 radical (unpaired) electrons. The van der Waals surface area contributed by atoms with E-state index >= 15 is 0 Å². The fourth-order valence-corrected chi connectivity index (χ4v) is 3.94. The molecule has 4 rings (SSSR count). The molecule has 0 saturated carbocycles.